The Labute approximate surface area is 178 Å². The zero-order chi connectivity index (χ0) is 21.5. The van der Waals surface area contributed by atoms with Crippen LogP contribution in [0.25, 0.3) is 11.1 Å². The lowest BCUT2D eigenvalue weighted by Gasteiger charge is -2.26. The average Bonchev–Trinajstić information content (AvgIpc) is 2.79. The molecule has 156 valence electrons. The fourth-order valence-electron chi connectivity index (χ4n) is 3.39. The first-order chi connectivity index (χ1) is 14.5. The molecule has 3 rings (SSSR count). The number of benzene rings is 3. The van der Waals surface area contributed by atoms with Gasteiger partial charge in [0.1, 0.15) is 0 Å². The Bertz CT molecular complexity index is 969. The Balaban J connectivity index is 1.70. The van der Waals surface area contributed by atoms with Crippen LogP contribution in [0, 0.1) is 0 Å². The van der Waals surface area contributed by atoms with E-state index in [9.17, 15) is 4.79 Å². The summed E-state index contributed by atoms with van der Waals surface area (Å²) in [7, 11) is 7.21. The van der Waals surface area contributed by atoms with Crippen molar-refractivity contribution in [3.05, 3.63) is 83.9 Å². The maximum Gasteiger partial charge on any atom is 0.251 e. The highest BCUT2D eigenvalue weighted by Gasteiger charge is 2.18. The lowest BCUT2D eigenvalue weighted by molar-refractivity contribution is 0.0942. The molecule has 5 nitrogen and oxygen atoms in total. The smallest absolute Gasteiger partial charge is 0.251 e. The number of methoxy groups -OCH3 is 2. The minimum atomic E-state index is -0.0954. The van der Waals surface area contributed by atoms with Crippen molar-refractivity contribution in [3.63, 3.8) is 0 Å². The van der Waals surface area contributed by atoms with Gasteiger partial charge in [-0.15, -0.1) is 0 Å². The first-order valence-corrected chi connectivity index (χ1v) is 9.85. The van der Waals surface area contributed by atoms with E-state index < -0.39 is 0 Å². The Morgan fingerprint density at radius 1 is 0.867 bits per heavy atom. The van der Waals surface area contributed by atoms with Crippen LogP contribution >= 0.6 is 0 Å². The second-order valence-corrected chi connectivity index (χ2v) is 7.25. The number of nitrogens with one attached hydrogen (secondary N) is 1. The van der Waals surface area contributed by atoms with Crippen LogP contribution in [-0.2, 0) is 0 Å². The SMILES string of the molecule is COc1ccc([C@@H](CNC(=O)c2ccc(-c3ccccc3)cc2)N(C)C)cc1OC. The molecule has 0 saturated carbocycles. The van der Waals surface area contributed by atoms with Gasteiger partial charge in [-0.1, -0.05) is 48.5 Å². The monoisotopic (exact) mass is 404 g/mol. The van der Waals surface area contributed by atoms with Crippen molar-refractivity contribution in [2.45, 2.75) is 6.04 Å². The van der Waals surface area contributed by atoms with Crippen molar-refractivity contribution in [2.75, 3.05) is 34.9 Å². The normalized spacial score (nSPS) is 11.8. The molecule has 0 heterocycles. The van der Waals surface area contributed by atoms with Gasteiger partial charge in [-0.2, -0.15) is 0 Å². The van der Waals surface area contributed by atoms with Crippen LogP contribution in [0.15, 0.2) is 72.8 Å². The first kappa shape index (κ1) is 21.4. The van der Waals surface area contributed by atoms with Gasteiger partial charge in [0.05, 0.1) is 20.3 Å². The van der Waals surface area contributed by atoms with Crippen molar-refractivity contribution < 1.29 is 14.3 Å². The lowest BCUT2D eigenvalue weighted by Crippen LogP contribution is -2.34. The number of ether oxygens (including phenoxy) is 2. The number of carbonyl (C=O) groups excluding carboxylic acids is 1. The number of likely N-dealkylation sites (N-methyl/N-ethyl adjacent to an activating group) is 1. The summed E-state index contributed by atoms with van der Waals surface area (Å²) < 4.78 is 10.7. The van der Waals surface area contributed by atoms with Gasteiger partial charge in [0.25, 0.3) is 5.91 Å². The number of rotatable bonds is 8. The van der Waals surface area contributed by atoms with Crippen molar-refractivity contribution in [2.24, 2.45) is 0 Å². The fraction of sp³-hybridized carbons (Fsp3) is 0.240. The van der Waals surface area contributed by atoms with Gasteiger partial charge >= 0.3 is 0 Å². The van der Waals surface area contributed by atoms with Gasteiger partial charge in [-0.3, -0.25) is 4.79 Å². The molecule has 0 spiro atoms. The predicted octanol–water partition coefficient (Wildman–Crippen LogP) is 4.40. The van der Waals surface area contributed by atoms with Crippen LogP contribution in [0.5, 0.6) is 11.5 Å². The molecule has 0 aliphatic carbocycles. The Morgan fingerprint density at radius 2 is 1.50 bits per heavy atom. The topological polar surface area (TPSA) is 50.8 Å². The molecule has 0 unspecified atom stereocenters. The third-order valence-corrected chi connectivity index (χ3v) is 5.13. The van der Waals surface area contributed by atoms with E-state index in [4.69, 9.17) is 9.47 Å². The maximum absolute atomic E-state index is 12.7. The standard InChI is InChI=1S/C25H28N2O3/c1-27(2)22(21-14-15-23(29-3)24(16-21)30-4)17-26-25(28)20-12-10-19(11-13-20)18-8-6-5-7-9-18/h5-16,22H,17H2,1-4H3,(H,26,28)/t22-/m1/s1. The Kier molecular flexibility index (Phi) is 7.09. The van der Waals surface area contributed by atoms with Crippen molar-refractivity contribution in [3.8, 4) is 22.6 Å². The van der Waals surface area contributed by atoms with Crippen molar-refractivity contribution >= 4 is 5.91 Å². The minimum Gasteiger partial charge on any atom is -0.493 e. The molecular formula is C25H28N2O3. The van der Waals surface area contributed by atoms with Gasteiger partial charge in [0.15, 0.2) is 11.5 Å². The zero-order valence-corrected chi connectivity index (χ0v) is 17.9. The Morgan fingerprint density at radius 3 is 2.10 bits per heavy atom. The Hall–Kier alpha value is -3.31. The van der Waals surface area contributed by atoms with E-state index in [-0.39, 0.29) is 11.9 Å². The van der Waals surface area contributed by atoms with E-state index in [0.29, 0.717) is 23.6 Å². The molecule has 0 radical (unpaired) electrons. The van der Waals surface area contributed by atoms with Crippen molar-refractivity contribution in [1.29, 1.82) is 0 Å². The summed E-state index contributed by atoms with van der Waals surface area (Å²) in [6.45, 7) is 0.474. The molecule has 0 aromatic heterocycles. The number of hydrogen-bond donors (Lipinski definition) is 1. The quantitative estimate of drug-likeness (QED) is 0.604. The molecule has 3 aromatic carbocycles. The molecule has 1 atom stereocenters. The zero-order valence-electron chi connectivity index (χ0n) is 17.9. The second kappa shape index (κ2) is 9.94. The summed E-state index contributed by atoms with van der Waals surface area (Å²) in [6.07, 6.45) is 0. The third kappa shape index (κ3) is 4.99. The van der Waals surface area contributed by atoms with E-state index >= 15 is 0 Å². The van der Waals surface area contributed by atoms with E-state index in [1.54, 1.807) is 14.2 Å². The number of amides is 1. The molecule has 5 heteroatoms. The molecule has 0 bridgehead atoms. The molecule has 30 heavy (non-hydrogen) atoms. The third-order valence-electron chi connectivity index (χ3n) is 5.13. The van der Waals surface area contributed by atoms with Crippen LogP contribution < -0.4 is 14.8 Å². The van der Waals surface area contributed by atoms with Gasteiger partial charge in [0.2, 0.25) is 0 Å². The molecule has 3 aromatic rings. The van der Waals surface area contributed by atoms with E-state index in [1.165, 1.54) is 0 Å². The highest BCUT2D eigenvalue weighted by Crippen LogP contribution is 2.31. The van der Waals surface area contributed by atoms with Crippen LogP contribution in [0.3, 0.4) is 0 Å². The van der Waals surface area contributed by atoms with Crippen LogP contribution in [0.4, 0.5) is 0 Å². The van der Waals surface area contributed by atoms with Crippen LogP contribution in [0.1, 0.15) is 22.0 Å². The average molecular weight is 405 g/mol. The highest BCUT2D eigenvalue weighted by molar-refractivity contribution is 5.94. The summed E-state index contributed by atoms with van der Waals surface area (Å²) in [4.78, 5) is 14.8. The van der Waals surface area contributed by atoms with Crippen molar-refractivity contribution in [1.82, 2.24) is 10.2 Å². The molecule has 0 saturated heterocycles. The summed E-state index contributed by atoms with van der Waals surface area (Å²) >= 11 is 0. The predicted molar refractivity (Wildman–Crippen MR) is 120 cm³/mol. The largest absolute Gasteiger partial charge is 0.493 e. The van der Waals surface area contributed by atoms with Crippen LogP contribution in [0.2, 0.25) is 0 Å². The van der Waals surface area contributed by atoms with Gasteiger partial charge in [-0.25, -0.2) is 0 Å². The minimum absolute atomic E-state index is 0.00246. The lowest BCUT2D eigenvalue weighted by atomic mass is 10.0. The number of carbonyl (C=O) groups is 1. The van der Waals surface area contributed by atoms with E-state index in [0.717, 1.165) is 16.7 Å². The summed E-state index contributed by atoms with van der Waals surface area (Å²) in [5, 5.41) is 3.05. The van der Waals surface area contributed by atoms with E-state index in [1.807, 2.05) is 74.8 Å². The summed E-state index contributed by atoms with van der Waals surface area (Å²) in [5.41, 5.74) is 3.89. The van der Waals surface area contributed by atoms with Gasteiger partial charge < -0.3 is 19.7 Å². The maximum atomic E-state index is 12.7. The summed E-state index contributed by atoms with van der Waals surface area (Å²) in [5.74, 6) is 1.26. The molecule has 0 fully saturated rings. The van der Waals surface area contributed by atoms with Gasteiger partial charge in [0, 0.05) is 12.1 Å². The number of nitrogens with zero attached hydrogens (tertiary/aromatic N) is 1. The molecule has 0 aliphatic heterocycles. The van der Waals surface area contributed by atoms with Crippen LogP contribution in [-0.4, -0.2) is 45.7 Å². The van der Waals surface area contributed by atoms with E-state index in [2.05, 4.69) is 22.3 Å². The molecule has 1 amide bonds. The number of hydrogen-bond acceptors (Lipinski definition) is 4. The molecule has 1 N–H and O–H groups in total. The summed E-state index contributed by atoms with van der Waals surface area (Å²) in [6, 6.07) is 23.6. The molecular weight excluding hydrogens is 376 g/mol. The first-order valence-electron chi connectivity index (χ1n) is 9.85. The molecule has 0 aliphatic rings. The highest BCUT2D eigenvalue weighted by atomic mass is 16.5. The second-order valence-electron chi connectivity index (χ2n) is 7.25. The fourth-order valence-corrected chi connectivity index (χ4v) is 3.39. The van der Waals surface area contributed by atoms with Gasteiger partial charge in [-0.05, 0) is 55.1 Å².